The number of sulfonamides is 1. The standard InChI is InChI=1S/C21H32N4O5S/c1-3-30-18-11-10-17(14-19(18)31(28,29)25-12-6-7-13-25)22-15(2)20(26)24-21(27)23-16-8-4-5-9-16/h10-11,14-16,22H,3-9,12-13H2,1-2H3,(H2,23,24,26,27). The Balaban J connectivity index is 1.68. The summed E-state index contributed by atoms with van der Waals surface area (Å²) >= 11 is 0. The molecule has 2 fully saturated rings. The van der Waals surface area contributed by atoms with Crippen molar-refractivity contribution >= 4 is 27.6 Å². The Bertz CT molecular complexity index is 893. The number of carbonyl (C=O) groups is 2. The highest BCUT2D eigenvalue weighted by Gasteiger charge is 2.30. The number of urea groups is 1. The van der Waals surface area contributed by atoms with Crippen LogP contribution in [-0.2, 0) is 14.8 Å². The molecule has 172 valence electrons. The van der Waals surface area contributed by atoms with Crippen LogP contribution < -0.4 is 20.7 Å². The van der Waals surface area contributed by atoms with Crippen LogP contribution >= 0.6 is 0 Å². The highest BCUT2D eigenvalue weighted by atomic mass is 32.2. The zero-order valence-electron chi connectivity index (χ0n) is 18.1. The molecule has 1 atom stereocenters. The van der Waals surface area contributed by atoms with E-state index in [0.717, 1.165) is 38.5 Å². The number of benzene rings is 1. The molecule has 0 radical (unpaired) electrons. The normalized spacial score (nSPS) is 18.5. The van der Waals surface area contributed by atoms with E-state index in [0.29, 0.717) is 25.4 Å². The number of rotatable bonds is 8. The van der Waals surface area contributed by atoms with E-state index in [1.807, 2.05) is 0 Å². The summed E-state index contributed by atoms with van der Waals surface area (Å²) in [6.07, 6.45) is 5.68. The van der Waals surface area contributed by atoms with Crippen LogP contribution in [0.25, 0.3) is 0 Å². The highest BCUT2D eigenvalue weighted by molar-refractivity contribution is 7.89. The SMILES string of the molecule is CCOc1ccc(NC(C)C(=O)NC(=O)NC2CCCC2)cc1S(=O)(=O)N1CCCC1. The van der Waals surface area contributed by atoms with Gasteiger partial charge < -0.3 is 15.4 Å². The summed E-state index contributed by atoms with van der Waals surface area (Å²) in [7, 11) is -3.70. The lowest BCUT2D eigenvalue weighted by molar-refractivity contribution is -0.120. The first-order chi connectivity index (χ1) is 14.8. The highest BCUT2D eigenvalue weighted by Crippen LogP contribution is 2.31. The molecule has 1 aromatic rings. The number of hydrogen-bond donors (Lipinski definition) is 3. The average Bonchev–Trinajstić information content (AvgIpc) is 3.43. The molecular formula is C21H32N4O5S. The van der Waals surface area contributed by atoms with Crippen molar-refractivity contribution in [3.05, 3.63) is 18.2 Å². The van der Waals surface area contributed by atoms with E-state index in [9.17, 15) is 18.0 Å². The molecule has 1 heterocycles. The minimum absolute atomic E-state index is 0.0767. The molecule has 2 aliphatic rings. The van der Waals surface area contributed by atoms with E-state index in [1.54, 1.807) is 26.0 Å². The van der Waals surface area contributed by atoms with E-state index in [2.05, 4.69) is 16.0 Å². The number of imide groups is 1. The van der Waals surface area contributed by atoms with E-state index in [4.69, 9.17) is 4.74 Å². The smallest absolute Gasteiger partial charge is 0.321 e. The quantitative estimate of drug-likeness (QED) is 0.558. The zero-order chi connectivity index (χ0) is 22.4. The lowest BCUT2D eigenvalue weighted by atomic mass is 10.2. The molecule has 9 nitrogen and oxygen atoms in total. The largest absolute Gasteiger partial charge is 0.492 e. The number of nitrogens with zero attached hydrogens (tertiary/aromatic N) is 1. The molecule has 0 aromatic heterocycles. The number of hydrogen-bond acceptors (Lipinski definition) is 6. The molecule has 10 heteroatoms. The van der Waals surface area contributed by atoms with Crippen molar-refractivity contribution in [2.75, 3.05) is 25.0 Å². The fourth-order valence-electron chi connectivity index (χ4n) is 3.97. The molecule has 3 rings (SSSR count). The van der Waals surface area contributed by atoms with Crippen LogP contribution in [0.1, 0.15) is 52.4 Å². The van der Waals surface area contributed by atoms with E-state index in [-0.39, 0.29) is 16.7 Å². The minimum atomic E-state index is -3.70. The second-order valence-electron chi connectivity index (χ2n) is 8.02. The molecule has 0 spiro atoms. The Morgan fingerprint density at radius 2 is 1.84 bits per heavy atom. The topological polar surface area (TPSA) is 117 Å². The number of anilines is 1. The van der Waals surface area contributed by atoms with Crippen LogP contribution in [0, 0.1) is 0 Å². The summed E-state index contributed by atoms with van der Waals surface area (Å²) in [6.45, 7) is 4.72. The number of amides is 3. The maximum atomic E-state index is 13.1. The number of carbonyl (C=O) groups excluding carboxylic acids is 2. The molecule has 1 unspecified atom stereocenters. The second kappa shape index (κ2) is 10.3. The first-order valence-electron chi connectivity index (χ1n) is 11.0. The van der Waals surface area contributed by atoms with Crippen LogP contribution in [0.3, 0.4) is 0 Å². The van der Waals surface area contributed by atoms with Crippen molar-refractivity contribution in [1.29, 1.82) is 0 Å². The van der Waals surface area contributed by atoms with E-state index in [1.165, 1.54) is 10.4 Å². The van der Waals surface area contributed by atoms with Gasteiger partial charge in [0.05, 0.1) is 6.61 Å². The van der Waals surface area contributed by atoms with Crippen molar-refractivity contribution in [3.63, 3.8) is 0 Å². The fraction of sp³-hybridized carbons (Fsp3) is 0.619. The van der Waals surface area contributed by atoms with Gasteiger partial charge in [0.25, 0.3) is 0 Å². The van der Waals surface area contributed by atoms with Crippen molar-refractivity contribution in [2.24, 2.45) is 0 Å². The summed E-state index contributed by atoms with van der Waals surface area (Å²) < 4.78 is 33.2. The van der Waals surface area contributed by atoms with Gasteiger partial charge in [-0.15, -0.1) is 0 Å². The van der Waals surface area contributed by atoms with Crippen molar-refractivity contribution in [3.8, 4) is 5.75 Å². The van der Waals surface area contributed by atoms with E-state index >= 15 is 0 Å². The second-order valence-corrected chi connectivity index (χ2v) is 9.92. The maximum absolute atomic E-state index is 13.1. The average molecular weight is 453 g/mol. The van der Waals surface area contributed by atoms with Crippen LogP contribution in [0.4, 0.5) is 10.5 Å². The number of nitrogens with one attached hydrogen (secondary N) is 3. The van der Waals surface area contributed by atoms with Crippen LogP contribution in [0.5, 0.6) is 5.75 Å². The molecule has 1 aromatic carbocycles. The molecule has 3 N–H and O–H groups in total. The monoisotopic (exact) mass is 452 g/mol. The Morgan fingerprint density at radius 3 is 2.48 bits per heavy atom. The third-order valence-corrected chi connectivity index (χ3v) is 7.55. The van der Waals surface area contributed by atoms with Gasteiger partial charge in [-0.1, -0.05) is 12.8 Å². The van der Waals surface area contributed by atoms with Gasteiger partial charge in [0.1, 0.15) is 16.7 Å². The van der Waals surface area contributed by atoms with Gasteiger partial charge in [0.15, 0.2) is 0 Å². The summed E-state index contributed by atoms with van der Waals surface area (Å²) in [5.74, 6) is -0.207. The van der Waals surface area contributed by atoms with Crippen LogP contribution in [0.15, 0.2) is 23.1 Å². The summed E-state index contributed by atoms with van der Waals surface area (Å²) in [5, 5.41) is 8.14. The van der Waals surface area contributed by atoms with Crippen LogP contribution in [-0.4, -0.2) is 56.4 Å². The number of ether oxygens (including phenoxy) is 1. The summed E-state index contributed by atoms with van der Waals surface area (Å²) in [5.41, 5.74) is 0.458. The lowest BCUT2D eigenvalue weighted by Crippen LogP contribution is -2.48. The van der Waals surface area contributed by atoms with Gasteiger partial charge in [-0.25, -0.2) is 13.2 Å². The Labute approximate surface area is 184 Å². The van der Waals surface area contributed by atoms with Crippen molar-refractivity contribution in [2.45, 2.75) is 69.4 Å². The third-order valence-electron chi connectivity index (χ3n) is 5.63. The Kier molecular flexibility index (Phi) is 7.77. The molecule has 1 saturated heterocycles. The molecule has 3 amide bonds. The van der Waals surface area contributed by atoms with Gasteiger partial charge >= 0.3 is 6.03 Å². The van der Waals surface area contributed by atoms with Crippen molar-refractivity contribution in [1.82, 2.24) is 14.9 Å². The lowest BCUT2D eigenvalue weighted by Gasteiger charge is -2.20. The van der Waals surface area contributed by atoms with Gasteiger partial charge in [-0.2, -0.15) is 4.31 Å². The Morgan fingerprint density at radius 1 is 1.16 bits per heavy atom. The van der Waals surface area contributed by atoms with E-state index < -0.39 is 28.0 Å². The van der Waals surface area contributed by atoms with Gasteiger partial charge in [0, 0.05) is 24.8 Å². The van der Waals surface area contributed by atoms with Crippen LogP contribution in [0.2, 0.25) is 0 Å². The molecule has 1 aliphatic carbocycles. The van der Waals surface area contributed by atoms with Crippen molar-refractivity contribution < 1.29 is 22.7 Å². The summed E-state index contributed by atoms with van der Waals surface area (Å²) in [4.78, 5) is 24.5. The first kappa shape index (κ1) is 23.3. The summed E-state index contributed by atoms with van der Waals surface area (Å²) in [6, 6.07) is 3.61. The predicted molar refractivity (Wildman–Crippen MR) is 118 cm³/mol. The Hall–Kier alpha value is -2.33. The minimum Gasteiger partial charge on any atom is -0.492 e. The van der Waals surface area contributed by atoms with Gasteiger partial charge in [0.2, 0.25) is 15.9 Å². The molecule has 1 aliphatic heterocycles. The molecular weight excluding hydrogens is 420 g/mol. The maximum Gasteiger partial charge on any atom is 0.321 e. The van der Waals surface area contributed by atoms with Gasteiger partial charge in [-0.3, -0.25) is 10.1 Å². The zero-order valence-corrected chi connectivity index (χ0v) is 19.0. The third kappa shape index (κ3) is 5.88. The molecule has 1 saturated carbocycles. The fourth-order valence-corrected chi connectivity index (χ4v) is 5.64. The molecule has 31 heavy (non-hydrogen) atoms. The first-order valence-corrected chi connectivity index (χ1v) is 12.4. The predicted octanol–water partition coefficient (Wildman–Crippen LogP) is 2.44. The van der Waals surface area contributed by atoms with Gasteiger partial charge in [-0.05, 0) is 57.7 Å². The molecule has 0 bridgehead atoms.